The molecule has 0 saturated heterocycles. The van der Waals surface area contributed by atoms with Gasteiger partial charge in [-0.25, -0.2) is 0 Å². The fourth-order valence-electron chi connectivity index (χ4n) is 2.04. The minimum atomic E-state index is -1.05. The third-order valence-corrected chi connectivity index (χ3v) is 3.61. The Labute approximate surface area is 139 Å². The third kappa shape index (κ3) is 6.49. The van der Waals surface area contributed by atoms with Crippen LogP contribution in [0, 0.1) is 5.41 Å². The van der Waals surface area contributed by atoms with Crippen molar-refractivity contribution in [1.82, 2.24) is 15.0 Å². The molecular formula is C14H25N3O7. The largest absolute Gasteiger partial charge is 0.481 e. The van der Waals surface area contributed by atoms with Crippen LogP contribution < -0.4 is 0 Å². The molecule has 1 aromatic rings. The predicted octanol–water partition coefficient (Wildman–Crippen LogP) is -1.97. The first kappa shape index (κ1) is 20.5. The van der Waals surface area contributed by atoms with Crippen molar-refractivity contribution in [3.05, 3.63) is 11.9 Å². The summed E-state index contributed by atoms with van der Waals surface area (Å²) < 4.78 is 6.75. The highest BCUT2D eigenvalue weighted by Gasteiger charge is 2.31. The second kappa shape index (κ2) is 10.3. The summed E-state index contributed by atoms with van der Waals surface area (Å²) in [6.45, 7) is -1.49. The first-order chi connectivity index (χ1) is 11.5. The molecule has 10 nitrogen and oxygen atoms in total. The van der Waals surface area contributed by atoms with Crippen molar-refractivity contribution >= 4 is 5.97 Å². The SMILES string of the molecule is O=C(O)CCCc1cn(CC(CO)(CO)COC(CO)CO)nn1. The summed E-state index contributed by atoms with van der Waals surface area (Å²) >= 11 is 0. The first-order valence-corrected chi connectivity index (χ1v) is 7.64. The highest BCUT2D eigenvalue weighted by atomic mass is 16.5. The molecule has 0 unspecified atom stereocenters. The molecule has 1 aromatic heterocycles. The zero-order valence-corrected chi connectivity index (χ0v) is 13.4. The van der Waals surface area contributed by atoms with Gasteiger partial charge in [-0.2, -0.15) is 0 Å². The van der Waals surface area contributed by atoms with Gasteiger partial charge in [-0.3, -0.25) is 9.48 Å². The van der Waals surface area contributed by atoms with Gasteiger partial charge in [0.2, 0.25) is 0 Å². The average Bonchev–Trinajstić information content (AvgIpc) is 3.01. The Morgan fingerprint density at radius 3 is 2.46 bits per heavy atom. The average molecular weight is 347 g/mol. The molecule has 5 N–H and O–H groups in total. The van der Waals surface area contributed by atoms with Crippen molar-refractivity contribution < 1.29 is 35.1 Å². The van der Waals surface area contributed by atoms with E-state index in [9.17, 15) is 15.0 Å². The number of carboxylic acids is 1. The van der Waals surface area contributed by atoms with E-state index in [2.05, 4.69) is 10.3 Å². The number of nitrogens with zero attached hydrogens (tertiary/aromatic N) is 3. The molecule has 0 amide bonds. The number of ether oxygens (including phenoxy) is 1. The molecular weight excluding hydrogens is 322 g/mol. The number of aliphatic hydroxyl groups is 4. The number of aliphatic hydroxyl groups excluding tert-OH is 4. The fourth-order valence-corrected chi connectivity index (χ4v) is 2.04. The summed E-state index contributed by atoms with van der Waals surface area (Å²) in [6.07, 6.45) is 1.78. The van der Waals surface area contributed by atoms with E-state index in [1.165, 1.54) is 4.68 Å². The maximum atomic E-state index is 10.5. The minimum absolute atomic E-state index is 0.0433. The quantitative estimate of drug-likeness (QED) is 0.273. The maximum absolute atomic E-state index is 10.5. The molecule has 0 radical (unpaired) electrons. The van der Waals surface area contributed by atoms with Gasteiger partial charge < -0.3 is 30.3 Å². The fraction of sp³-hybridized carbons (Fsp3) is 0.786. The van der Waals surface area contributed by atoms with Crippen LogP contribution in [0.1, 0.15) is 18.5 Å². The van der Waals surface area contributed by atoms with Gasteiger partial charge in [0.05, 0.1) is 50.7 Å². The number of aromatic nitrogens is 3. The van der Waals surface area contributed by atoms with Crippen LogP contribution in [0.4, 0.5) is 0 Å². The Morgan fingerprint density at radius 1 is 1.25 bits per heavy atom. The number of aliphatic carboxylic acids is 1. The summed E-state index contributed by atoms with van der Waals surface area (Å²) in [5, 5.41) is 53.7. The molecule has 1 heterocycles. The lowest BCUT2D eigenvalue weighted by Gasteiger charge is -2.30. The normalized spacial score (nSPS) is 12.0. The van der Waals surface area contributed by atoms with E-state index >= 15 is 0 Å². The third-order valence-electron chi connectivity index (χ3n) is 3.61. The van der Waals surface area contributed by atoms with Crippen molar-refractivity contribution in [3.63, 3.8) is 0 Å². The summed E-state index contributed by atoms with van der Waals surface area (Å²) in [7, 11) is 0. The molecule has 0 fully saturated rings. The molecule has 0 aromatic carbocycles. The first-order valence-electron chi connectivity index (χ1n) is 7.64. The van der Waals surface area contributed by atoms with Gasteiger partial charge in [0.1, 0.15) is 6.10 Å². The van der Waals surface area contributed by atoms with Gasteiger partial charge in [0.15, 0.2) is 0 Å². The molecule has 0 aliphatic rings. The van der Waals surface area contributed by atoms with E-state index in [-0.39, 0.29) is 46.0 Å². The van der Waals surface area contributed by atoms with Crippen molar-refractivity contribution in [2.45, 2.75) is 31.9 Å². The monoisotopic (exact) mass is 347 g/mol. The molecule has 0 bridgehead atoms. The molecule has 1 rings (SSSR count). The Kier molecular flexibility index (Phi) is 8.79. The Balaban J connectivity index is 2.63. The van der Waals surface area contributed by atoms with Gasteiger partial charge in [-0.05, 0) is 12.8 Å². The second-order valence-electron chi connectivity index (χ2n) is 5.77. The number of hydrogen-bond donors (Lipinski definition) is 5. The summed E-state index contributed by atoms with van der Waals surface area (Å²) in [5.41, 5.74) is -0.431. The van der Waals surface area contributed by atoms with Gasteiger partial charge in [-0.1, -0.05) is 5.21 Å². The molecule has 0 aliphatic carbocycles. The topological polar surface area (TPSA) is 158 Å². The van der Waals surface area contributed by atoms with Crippen LogP contribution in [0.5, 0.6) is 0 Å². The molecule has 24 heavy (non-hydrogen) atoms. The number of hydrogen-bond acceptors (Lipinski definition) is 8. The van der Waals surface area contributed by atoms with E-state index in [0.29, 0.717) is 18.5 Å². The number of carbonyl (C=O) groups is 1. The van der Waals surface area contributed by atoms with Crippen LogP contribution in [0.2, 0.25) is 0 Å². The standard InChI is InChI=1S/C14H25N3O7/c18-5-12(6-19)24-10-14(8-20,9-21)7-17-4-11(15-16-17)2-1-3-13(22)23/h4,12,18-21H,1-3,5-10H2,(H,22,23). The zero-order valence-electron chi connectivity index (χ0n) is 13.4. The Hall–Kier alpha value is -1.59. The highest BCUT2D eigenvalue weighted by Crippen LogP contribution is 2.20. The Morgan fingerprint density at radius 2 is 1.92 bits per heavy atom. The van der Waals surface area contributed by atoms with Crippen LogP contribution >= 0.6 is 0 Å². The molecule has 10 heteroatoms. The van der Waals surface area contributed by atoms with Crippen LogP contribution in [-0.4, -0.2) is 85.6 Å². The second-order valence-corrected chi connectivity index (χ2v) is 5.77. The summed E-state index contributed by atoms with van der Waals surface area (Å²) in [4.78, 5) is 10.5. The van der Waals surface area contributed by atoms with Crippen LogP contribution in [0.15, 0.2) is 6.20 Å². The lowest BCUT2D eigenvalue weighted by molar-refractivity contribution is -0.137. The van der Waals surface area contributed by atoms with Gasteiger partial charge in [0.25, 0.3) is 0 Å². The zero-order chi connectivity index (χ0) is 18.0. The maximum Gasteiger partial charge on any atom is 0.303 e. The van der Waals surface area contributed by atoms with E-state index in [0.717, 1.165) is 0 Å². The van der Waals surface area contributed by atoms with E-state index in [1.54, 1.807) is 6.20 Å². The summed E-state index contributed by atoms with van der Waals surface area (Å²) in [5.74, 6) is -0.874. The van der Waals surface area contributed by atoms with Gasteiger partial charge >= 0.3 is 5.97 Å². The summed E-state index contributed by atoms with van der Waals surface area (Å²) in [6, 6.07) is 0. The molecule has 0 atom stereocenters. The molecule has 0 saturated carbocycles. The smallest absolute Gasteiger partial charge is 0.303 e. The van der Waals surface area contributed by atoms with Gasteiger partial charge in [0, 0.05) is 12.6 Å². The highest BCUT2D eigenvalue weighted by molar-refractivity contribution is 5.66. The molecule has 0 spiro atoms. The van der Waals surface area contributed by atoms with E-state index in [4.69, 9.17) is 20.1 Å². The van der Waals surface area contributed by atoms with Gasteiger partial charge in [-0.15, -0.1) is 5.10 Å². The lowest BCUT2D eigenvalue weighted by atomic mass is 9.91. The minimum Gasteiger partial charge on any atom is -0.481 e. The van der Waals surface area contributed by atoms with E-state index in [1.807, 2.05) is 0 Å². The number of aryl methyl sites for hydroxylation is 1. The van der Waals surface area contributed by atoms with Crippen molar-refractivity contribution in [1.29, 1.82) is 0 Å². The van der Waals surface area contributed by atoms with E-state index < -0.39 is 17.5 Å². The number of carboxylic acid groups (broad SMARTS) is 1. The lowest BCUT2D eigenvalue weighted by Crippen LogP contribution is -2.41. The van der Waals surface area contributed by atoms with Crippen LogP contribution in [0.3, 0.4) is 0 Å². The van der Waals surface area contributed by atoms with Crippen molar-refractivity contribution in [2.24, 2.45) is 5.41 Å². The Bertz CT molecular complexity index is 486. The van der Waals surface area contributed by atoms with Crippen molar-refractivity contribution in [3.8, 4) is 0 Å². The molecule has 0 aliphatic heterocycles. The predicted molar refractivity (Wildman–Crippen MR) is 81.1 cm³/mol. The van der Waals surface area contributed by atoms with Crippen molar-refractivity contribution in [2.75, 3.05) is 33.0 Å². The van der Waals surface area contributed by atoms with Crippen LogP contribution in [-0.2, 0) is 22.5 Å². The number of rotatable bonds is 13. The molecule has 138 valence electrons. The van der Waals surface area contributed by atoms with Crippen LogP contribution in [0.25, 0.3) is 0 Å².